The second-order valence-corrected chi connectivity index (χ2v) is 5.93. The third kappa shape index (κ3) is 2.49. The maximum Gasteiger partial charge on any atom is 0.124 e. The number of hydrogen-bond acceptors (Lipinski definition) is 2. The molecule has 0 spiro atoms. The Morgan fingerprint density at radius 3 is 2.79 bits per heavy atom. The number of imidazole rings is 1. The highest BCUT2D eigenvalue weighted by Gasteiger charge is 2.29. The van der Waals surface area contributed by atoms with E-state index in [9.17, 15) is 0 Å². The molecule has 0 radical (unpaired) electrons. The van der Waals surface area contributed by atoms with Gasteiger partial charge in [0.15, 0.2) is 0 Å². The van der Waals surface area contributed by atoms with Crippen LogP contribution in [0.5, 0.6) is 0 Å². The van der Waals surface area contributed by atoms with Crippen LogP contribution in [0.1, 0.15) is 25.6 Å². The van der Waals surface area contributed by atoms with Crippen molar-refractivity contribution >= 4 is 22.6 Å². The van der Waals surface area contributed by atoms with Crippen LogP contribution in [-0.2, 0) is 17.2 Å². The summed E-state index contributed by atoms with van der Waals surface area (Å²) < 4.78 is 7.76. The number of fused-ring (bicyclic) bond motifs is 1. The number of halogens is 1. The molecule has 2 heterocycles. The fourth-order valence-corrected chi connectivity index (χ4v) is 3.01. The fourth-order valence-electron chi connectivity index (χ4n) is 2.81. The monoisotopic (exact) mass is 278 g/mol. The van der Waals surface area contributed by atoms with Crippen molar-refractivity contribution in [2.75, 3.05) is 13.2 Å². The lowest BCUT2D eigenvalue weighted by atomic mass is 9.82. The van der Waals surface area contributed by atoms with E-state index in [4.69, 9.17) is 16.3 Å². The van der Waals surface area contributed by atoms with Gasteiger partial charge in [0.05, 0.1) is 16.9 Å². The van der Waals surface area contributed by atoms with Crippen molar-refractivity contribution in [2.45, 2.75) is 32.2 Å². The highest BCUT2D eigenvalue weighted by molar-refractivity contribution is 6.16. The topological polar surface area (TPSA) is 27.1 Å². The van der Waals surface area contributed by atoms with Gasteiger partial charge in [-0.15, -0.1) is 11.6 Å². The van der Waals surface area contributed by atoms with Crippen molar-refractivity contribution in [3.63, 3.8) is 0 Å². The number of nitrogens with zero attached hydrogens (tertiary/aromatic N) is 2. The summed E-state index contributed by atoms with van der Waals surface area (Å²) in [7, 11) is 0. The second-order valence-electron chi connectivity index (χ2n) is 5.66. The number of aromatic nitrogens is 2. The zero-order chi connectivity index (χ0) is 13.3. The van der Waals surface area contributed by atoms with E-state index >= 15 is 0 Å². The molecule has 1 aromatic heterocycles. The van der Waals surface area contributed by atoms with E-state index in [1.54, 1.807) is 0 Å². The summed E-state index contributed by atoms with van der Waals surface area (Å²) >= 11 is 6.06. The fraction of sp³-hybridized carbons (Fsp3) is 0.533. The number of benzene rings is 1. The van der Waals surface area contributed by atoms with Crippen molar-refractivity contribution in [1.29, 1.82) is 0 Å². The third-order valence-corrected chi connectivity index (χ3v) is 4.33. The summed E-state index contributed by atoms with van der Waals surface area (Å²) in [6.07, 6.45) is 2.20. The SMILES string of the molecule is CC1(Cn2c(CCl)nc3ccccc32)CCOCC1. The Bertz CT molecular complexity index is 573. The van der Waals surface area contributed by atoms with Crippen LogP contribution in [0.4, 0.5) is 0 Å². The minimum Gasteiger partial charge on any atom is -0.381 e. The summed E-state index contributed by atoms with van der Waals surface area (Å²) in [4.78, 5) is 4.63. The van der Waals surface area contributed by atoms with Crippen LogP contribution >= 0.6 is 11.6 Å². The first-order chi connectivity index (χ1) is 9.22. The van der Waals surface area contributed by atoms with Gasteiger partial charge in [-0.1, -0.05) is 19.1 Å². The van der Waals surface area contributed by atoms with Crippen LogP contribution in [0.2, 0.25) is 0 Å². The summed E-state index contributed by atoms with van der Waals surface area (Å²) in [5.74, 6) is 1.43. The number of ether oxygens (including phenoxy) is 1. The van der Waals surface area contributed by atoms with Gasteiger partial charge in [0.1, 0.15) is 5.82 Å². The van der Waals surface area contributed by atoms with Gasteiger partial charge in [-0.2, -0.15) is 0 Å². The molecule has 0 saturated carbocycles. The molecule has 19 heavy (non-hydrogen) atoms. The molecular weight excluding hydrogens is 260 g/mol. The number of rotatable bonds is 3. The molecule has 1 saturated heterocycles. The molecule has 102 valence electrons. The predicted molar refractivity (Wildman–Crippen MR) is 77.5 cm³/mol. The molecule has 3 nitrogen and oxygen atoms in total. The van der Waals surface area contributed by atoms with E-state index in [1.165, 1.54) is 5.52 Å². The maximum atomic E-state index is 6.06. The quantitative estimate of drug-likeness (QED) is 0.802. The lowest BCUT2D eigenvalue weighted by Gasteiger charge is -2.34. The minimum absolute atomic E-state index is 0.280. The standard InChI is InChI=1S/C15H19ClN2O/c1-15(6-8-19-9-7-15)11-18-13-5-3-2-4-12(13)17-14(18)10-16/h2-5H,6-11H2,1H3. The molecule has 0 N–H and O–H groups in total. The highest BCUT2D eigenvalue weighted by atomic mass is 35.5. The lowest BCUT2D eigenvalue weighted by Crippen LogP contribution is -2.31. The van der Waals surface area contributed by atoms with Gasteiger partial charge >= 0.3 is 0 Å². The smallest absolute Gasteiger partial charge is 0.124 e. The molecule has 1 aliphatic heterocycles. The molecule has 0 unspecified atom stereocenters. The third-order valence-electron chi connectivity index (χ3n) is 4.09. The second kappa shape index (κ2) is 5.14. The van der Waals surface area contributed by atoms with Gasteiger partial charge in [0.2, 0.25) is 0 Å². The van der Waals surface area contributed by atoms with Crippen LogP contribution in [0, 0.1) is 5.41 Å². The predicted octanol–water partition coefficient (Wildman–Crippen LogP) is 3.59. The molecule has 0 bridgehead atoms. The molecule has 4 heteroatoms. The maximum absolute atomic E-state index is 6.06. The lowest BCUT2D eigenvalue weighted by molar-refractivity contribution is 0.0157. The Labute approximate surface area is 118 Å². The summed E-state index contributed by atoms with van der Waals surface area (Å²) in [6.45, 7) is 5.03. The Kier molecular flexibility index (Phi) is 3.50. The molecule has 0 aliphatic carbocycles. The van der Waals surface area contributed by atoms with Crippen LogP contribution in [0.3, 0.4) is 0 Å². The summed E-state index contributed by atoms with van der Waals surface area (Å²) in [5.41, 5.74) is 2.50. The Morgan fingerprint density at radius 1 is 1.32 bits per heavy atom. The van der Waals surface area contributed by atoms with Crippen molar-refractivity contribution in [3.05, 3.63) is 30.1 Å². The molecule has 1 fully saturated rings. The van der Waals surface area contributed by atoms with Gasteiger partial charge in [-0.05, 0) is 30.4 Å². The Balaban J connectivity index is 1.99. The highest BCUT2D eigenvalue weighted by Crippen LogP contribution is 2.33. The number of para-hydroxylation sites is 2. The average Bonchev–Trinajstić information content (AvgIpc) is 2.77. The summed E-state index contributed by atoms with van der Waals surface area (Å²) in [6, 6.07) is 8.26. The molecule has 1 aliphatic rings. The van der Waals surface area contributed by atoms with Gasteiger partial charge in [-0.3, -0.25) is 0 Å². The van der Waals surface area contributed by atoms with E-state index in [0.29, 0.717) is 5.88 Å². The van der Waals surface area contributed by atoms with Crippen molar-refractivity contribution in [3.8, 4) is 0 Å². The first-order valence-corrected chi connectivity index (χ1v) is 7.33. The first-order valence-electron chi connectivity index (χ1n) is 6.80. The zero-order valence-electron chi connectivity index (χ0n) is 11.2. The van der Waals surface area contributed by atoms with E-state index in [2.05, 4.69) is 28.6 Å². The van der Waals surface area contributed by atoms with Crippen LogP contribution in [-0.4, -0.2) is 22.8 Å². The minimum atomic E-state index is 0.280. The molecule has 0 amide bonds. The van der Waals surface area contributed by atoms with Gasteiger partial charge in [0, 0.05) is 19.8 Å². The van der Waals surface area contributed by atoms with Crippen molar-refractivity contribution < 1.29 is 4.74 Å². The van der Waals surface area contributed by atoms with Crippen LogP contribution in [0.25, 0.3) is 11.0 Å². The largest absolute Gasteiger partial charge is 0.381 e. The van der Waals surface area contributed by atoms with Crippen LogP contribution < -0.4 is 0 Å². The molecule has 3 rings (SSSR count). The Hall–Kier alpha value is -1.06. The average molecular weight is 279 g/mol. The van der Waals surface area contributed by atoms with E-state index in [0.717, 1.165) is 43.9 Å². The van der Waals surface area contributed by atoms with E-state index < -0.39 is 0 Å². The molecule has 2 aromatic rings. The molecular formula is C15H19ClN2O. The molecule has 0 atom stereocenters. The van der Waals surface area contributed by atoms with Gasteiger partial charge in [-0.25, -0.2) is 4.98 Å². The van der Waals surface area contributed by atoms with Gasteiger partial charge in [0.25, 0.3) is 0 Å². The summed E-state index contributed by atoms with van der Waals surface area (Å²) in [5, 5.41) is 0. The van der Waals surface area contributed by atoms with Gasteiger partial charge < -0.3 is 9.30 Å². The number of hydrogen-bond donors (Lipinski definition) is 0. The normalized spacial score (nSPS) is 18.8. The zero-order valence-corrected chi connectivity index (χ0v) is 12.0. The molecule has 1 aromatic carbocycles. The number of alkyl halides is 1. The van der Waals surface area contributed by atoms with Crippen molar-refractivity contribution in [1.82, 2.24) is 9.55 Å². The van der Waals surface area contributed by atoms with E-state index in [1.807, 2.05) is 12.1 Å². The first kappa shape index (κ1) is 12.9. The Morgan fingerprint density at radius 2 is 2.05 bits per heavy atom. The van der Waals surface area contributed by atoms with Crippen LogP contribution in [0.15, 0.2) is 24.3 Å². The van der Waals surface area contributed by atoms with E-state index in [-0.39, 0.29) is 5.41 Å². The van der Waals surface area contributed by atoms with Crippen molar-refractivity contribution in [2.24, 2.45) is 5.41 Å².